The lowest BCUT2D eigenvalue weighted by molar-refractivity contribution is 0.277. The SMILES string of the molecule is C.C.C.C.C.C.C.COC.COC.C[Si](C)(Br)Br.C[Si](C)(Br)Br.[SiH4].[SiH4]. The summed E-state index contributed by atoms with van der Waals surface area (Å²) < 4.78 is 8.50. The second-order valence-corrected chi connectivity index (χ2v) is 39.0. The number of ether oxygens (including phenoxy) is 2. The lowest BCUT2D eigenvalue weighted by Gasteiger charge is -1.95. The van der Waals surface area contributed by atoms with Crippen LogP contribution in [0.15, 0.2) is 0 Å². The van der Waals surface area contributed by atoms with Crippen molar-refractivity contribution in [1.82, 2.24) is 0 Å². The van der Waals surface area contributed by atoms with Crippen molar-refractivity contribution in [3.05, 3.63) is 0 Å². The Balaban J connectivity index is -0.00000000635. The molecule has 176 valence electrons. The average molecular weight is 705 g/mol. The second-order valence-electron chi connectivity index (χ2n) is 3.47. The highest BCUT2D eigenvalue weighted by atomic mass is 79.9. The molecular formula is C15H60Br4O2Si4. The number of rotatable bonds is 0. The molecule has 0 spiro atoms. The molecule has 0 aromatic carbocycles. The maximum atomic E-state index is 4.25. The first kappa shape index (κ1) is 91.4. The molecular weight excluding hydrogens is 644 g/mol. The fraction of sp³-hybridized carbons (Fsp3) is 1.00. The summed E-state index contributed by atoms with van der Waals surface area (Å²) in [6.07, 6.45) is 0. The lowest BCUT2D eigenvalue weighted by atomic mass is 11.6. The summed E-state index contributed by atoms with van der Waals surface area (Å²) in [6, 6.07) is 0. The van der Waals surface area contributed by atoms with Crippen LogP contribution in [-0.4, -0.2) is 61.0 Å². The highest BCUT2D eigenvalue weighted by Crippen LogP contribution is 2.17. The third-order valence-electron chi connectivity index (χ3n) is 0. The number of hydrogen-bond donors (Lipinski definition) is 0. The van der Waals surface area contributed by atoms with Gasteiger partial charge in [-0.2, -0.15) is 0 Å². The Morgan fingerprint density at radius 2 is 0.440 bits per heavy atom. The highest BCUT2D eigenvalue weighted by Gasteiger charge is 2.07. The Labute approximate surface area is 208 Å². The van der Waals surface area contributed by atoms with Crippen LogP contribution in [0.4, 0.5) is 0 Å². The fourth-order valence-electron chi connectivity index (χ4n) is 0. The molecule has 0 saturated heterocycles. The smallest absolute Gasteiger partial charge is 0.195 e. The minimum atomic E-state index is -0.986. The predicted octanol–water partition coefficient (Wildman–Crippen LogP) is 7.03. The van der Waals surface area contributed by atoms with E-state index in [1.165, 1.54) is 0 Å². The number of hydrogen-bond acceptors (Lipinski definition) is 2. The molecule has 0 bridgehead atoms. The summed E-state index contributed by atoms with van der Waals surface area (Å²) in [4.78, 5) is 0. The van der Waals surface area contributed by atoms with Crippen LogP contribution in [0.1, 0.15) is 52.0 Å². The first-order valence-corrected chi connectivity index (χ1v) is 19.4. The topological polar surface area (TPSA) is 18.5 Å². The maximum Gasteiger partial charge on any atom is 0.195 e. The van der Waals surface area contributed by atoms with E-state index < -0.39 is 10.6 Å². The summed E-state index contributed by atoms with van der Waals surface area (Å²) in [5, 5.41) is -1.97. The van der Waals surface area contributed by atoms with Gasteiger partial charge < -0.3 is 9.47 Å². The molecule has 0 heterocycles. The zero-order valence-corrected chi connectivity index (χ0v) is 19.7. The first-order chi connectivity index (χ1) is 6.83. The standard InChI is InChI=1S/2C2H6Br2Si.2C2H6O.7CH4.2H4Si/c2*1-5(2,3)4;2*1-3-2;;;;;;;;;/h2*1-2H3;2*1-2H3;9*1H4. The van der Waals surface area contributed by atoms with Gasteiger partial charge in [0.2, 0.25) is 0 Å². The molecule has 10 heteroatoms. The van der Waals surface area contributed by atoms with Crippen LogP contribution >= 0.6 is 61.2 Å². The van der Waals surface area contributed by atoms with E-state index >= 15 is 0 Å². The predicted molar refractivity (Wildman–Crippen MR) is 166 cm³/mol. The Kier molecular flexibility index (Phi) is 231. The molecule has 0 aliphatic carbocycles. The average Bonchev–Trinajstić information content (AvgIpc) is 1.79. The third-order valence-corrected chi connectivity index (χ3v) is 0. The Morgan fingerprint density at radius 3 is 0.440 bits per heavy atom. The van der Waals surface area contributed by atoms with Gasteiger partial charge in [-0.1, -0.05) is 78.2 Å². The van der Waals surface area contributed by atoms with E-state index in [4.69, 9.17) is 0 Å². The van der Waals surface area contributed by atoms with E-state index in [2.05, 4.69) is 96.8 Å². The van der Waals surface area contributed by atoms with E-state index in [1.807, 2.05) is 0 Å². The zero-order chi connectivity index (χ0) is 14.4. The normalized spacial score (nSPS) is 6.24. The van der Waals surface area contributed by atoms with Gasteiger partial charge in [0.25, 0.3) is 0 Å². The van der Waals surface area contributed by atoms with Crippen molar-refractivity contribution in [3.63, 3.8) is 0 Å². The van der Waals surface area contributed by atoms with Crippen molar-refractivity contribution >= 4 is 93.7 Å². The van der Waals surface area contributed by atoms with Crippen LogP contribution in [0.25, 0.3) is 0 Å². The van der Waals surface area contributed by atoms with Crippen LogP contribution in [-0.2, 0) is 9.47 Å². The minimum Gasteiger partial charge on any atom is -0.388 e. The number of methoxy groups -OCH3 is 2. The molecule has 0 aromatic heterocycles. The lowest BCUT2D eigenvalue weighted by Crippen LogP contribution is -1.99. The fourth-order valence-corrected chi connectivity index (χ4v) is 0. The quantitative estimate of drug-likeness (QED) is 0.199. The Hall–Kier alpha value is 2.71. The van der Waals surface area contributed by atoms with Crippen LogP contribution in [0, 0.1) is 0 Å². The van der Waals surface area contributed by atoms with Gasteiger partial charge in [-0.05, 0) is 21.9 Å². The summed E-state index contributed by atoms with van der Waals surface area (Å²) in [5.74, 6) is 0. The molecule has 0 rings (SSSR count). The van der Waals surface area contributed by atoms with Gasteiger partial charge in [0, 0.05) is 28.4 Å². The highest BCUT2D eigenvalue weighted by molar-refractivity contribution is 9.51. The van der Waals surface area contributed by atoms with Crippen molar-refractivity contribution in [2.75, 3.05) is 28.4 Å². The summed E-state index contributed by atoms with van der Waals surface area (Å²) in [5.41, 5.74) is 0. The zero-order valence-electron chi connectivity index (χ0n) is 11.3. The van der Waals surface area contributed by atoms with E-state index in [-0.39, 0.29) is 73.9 Å². The molecule has 0 amide bonds. The Bertz CT molecular complexity index is 101. The van der Waals surface area contributed by atoms with Crippen LogP contribution in [0.5, 0.6) is 0 Å². The van der Waals surface area contributed by atoms with Gasteiger partial charge in [0.1, 0.15) is 0 Å². The van der Waals surface area contributed by atoms with Crippen molar-refractivity contribution < 1.29 is 9.47 Å². The monoisotopic (exact) mass is 700 g/mol. The molecule has 2 nitrogen and oxygen atoms in total. The summed E-state index contributed by atoms with van der Waals surface area (Å²) in [6.45, 7) is 8.64. The molecule has 0 saturated carbocycles. The van der Waals surface area contributed by atoms with E-state index in [9.17, 15) is 0 Å². The minimum absolute atomic E-state index is 0. The van der Waals surface area contributed by atoms with E-state index in [0.29, 0.717) is 0 Å². The van der Waals surface area contributed by atoms with Crippen LogP contribution < -0.4 is 0 Å². The molecule has 0 unspecified atom stereocenters. The van der Waals surface area contributed by atoms with Crippen LogP contribution in [0.3, 0.4) is 0 Å². The molecule has 0 fully saturated rings. The maximum absolute atomic E-state index is 4.25. The Morgan fingerprint density at radius 1 is 0.440 bits per heavy atom. The van der Waals surface area contributed by atoms with Crippen LogP contribution in [0.2, 0.25) is 26.2 Å². The van der Waals surface area contributed by atoms with Gasteiger partial charge >= 0.3 is 0 Å². The van der Waals surface area contributed by atoms with Gasteiger partial charge in [0.05, 0.1) is 0 Å². The largest absolute Gasteiger partial charge is 0.388 e. The molecule has 0 N–H and O–H groups in total. The van der Waals surface area contributed by atoms with Crippen molar-refractivity contribution in [1.29, 1.82) is 0 Å². The molecule has 0 aliphatic rings. The third kappa shape index (κ3) is 2220. The molecule has 0 atom stereocenters. The van der Waals surface area contributed by atoms with Crippen molar-refractivity contribution in [2.45, 2.75) is 78.2 Å². The number of halogens is 4. The molecule has 0 aromatic rings. The van der Waals surface area contributed by atoms with Gasteiger partial charge in [-0.15, -0.1) is 61.2 Å². The summed E-state index contributed by atoms with van der Waals surface area (Å²) in [7, 11) is 6.50. The second kappa shape index (κ2) is 63.2. The van der Waals surface area contributed by atoms with Gasteiger partial charge in [-0.25, -0.2) is 0 Å². The first-order valence-electron chi connectivity index (χ1n) is 4.39. The van der Waals surface area contributed by atoms with Crippen molar-refractivity contribution in [3.8, 4) is 0 Å². The molecule has 25 heavy (non-hydrogen) atoms. The summed E-state index contributed by atoms with van der Waals surface area (Å²) >= 11 is 13.7. The van der Waals surface area contributed by atoms with Gasteiger partial charge in [-0.3, -0.25) is 0 Å². The molecule has 0 aliphatic heterocycles. The molecule has 0 radical (unpaired) electrons. The van der Waals surface area contributed by atoms with Crippen molar-refractivity contribution in [2.24, 2.45) is 0 Å². The van der Waals surface area contributed by atoms with Gasteiger partial charge in [0.15, 0.2) is 10.6 Å². The van der Waals surface area contributed by atoms with E-state index in [0.717, 1.165) is 0 Å². The van der Waals surface area contributed by atoms with E-state index in [1.54, 1.807) is 28.4 Å².